The van der Waals surface area contributed by atoms with Crippen molar-refractivity contribution >= 4 is 11.7 Å². The van der Waals surface area contributed by atoms with Crippen LogP contribution in [0.15, 0.2) is 42.5 Å². The van der Waals surface area contributed by atoms with Crippen LogP contribution in [0.3, 0.4) is 0 Å². The van der Waals surface area contributed by atoms with Crippen molar-refractivity contribution in [3.63, 3.8) is 0 Å². The van der Waals surface area contributed by atoms with Crippen LogP contribution >= 0.6 is 0 Å². The van der Waals surface area contributed by atoms with Gasteiger partial charge in [0.2, 0.25) is 0 Å². The molecule has 0 aliphatic rings. The van der Waals surface area contributed by atoms with Crippen molar-refractivity contribution in [2.24, 2.45) is 0 Å². The second-order valence-electron chi connectivity index (χ2n) is 4.83. The van der Waals surface area contributed by atoms with Gasteiger partial charge in [-0.3, -0.25) is 4.79 Å². The van der Waals surface area contributed by atoms with E-state index in [1.165, 1.54) is 5.56 Å². The summed E-state index contributed by atoms with van der Waals surface area (Å²) in [6.45, 7) is 2.65. The zero-order valence-electron chi connectivity index (χ0n) is 12.5. The highest BCUT2D eigenvalue weighted by molar-refractivity contribution is 5.95. The van der Waals surface area contributed by atoms with Crippen molar-refractivity contribution < 1.29 is 4.79 Å². The van der Waals surface area contributed by atoms with Gasteiger partial charge in [0.15, 0.2) is 0 Å². The number of amides is 1. The van der Waals surface area contributed by atoms with E-state index in [2.05, 4.69) is 27.8 Å². The molecule has 0 saturated carbocycles. The number of pyridine rings is 1. The monoisotopic (exact) mass is 283 g/mol. The van der Waals surface area contributed by atoms with Gasteiger partial charge in [-0.25, -0.2) is 4.98 Å². The van der Waals surface area contributed by atoms with Crippen LogP contribution in [-0.4, -0.2) is 24.5 Å². The first kappa shape index (κ1) is 15.0. The molecule has 0 atom stereocenters. The molecule has 1 aromatic carbocycles. The molecule has 0 aliphatic heterocycles. The lowest BCUT2D eigenvalue weighted by atomic mass is 10.1. The van der Waals surface area contributed by atoms with Crippen LogP contribution in [0, 0.1) is 0 Å². The summed E-state index contributed by atoms with van der Waals surface area (Å²) in [5, 5.41) is 5.94. The molecule has 1 heterocycles. The summed E-state index contributed by atoms with van der Waals surface area (Å²) in [5.41, 5.74) is 2.78. The van der Waals surface area contributed by atoms with Gasteiger partial charge in [0, 0.05) is 24.8 Å². The summed E-state index contributed by atoms with van der Waals surface area (Å²) in [4.78, 5) is 16.6. The maximum atomic E-state index is 12.2. The fourth-order valence-electron chi connectivity index (χ4n) is 2.10. The van der Waals surface area contributed by atoms with E-state index in [1.807, 2.05) is 31.2 Å². The standard InChI is InChI=1S/C17H21N3O/c1-3-15-11-14(12-16(18-2)20-15)17(21)19-10-9-13-7-5-4-6-8-13/h4-8,11-12H,3,9-10H2,1-2H3,(H,18,20)(H,19,21). The van der Waals surface area contributed by atoms with E-state index in [4.69, 9.17) is 0 Å². The number of nitrogens with zero attached hydrogens (tertiary/aromatic N) is 1. The van der Waals surface area contributed by atoms with Crippen molar-refractivity contribution in [3.8, 4) is 0 Å². The van der Waals surface area contributed by atoms with Crippen LogP contribution in [0.25, 0.3) is 0 Å². The molecule has 0 spiro atoms. The number of aryl methyl sites for hydroxylation is 1. The Morgan fingerprint density at radius 1 is 1.19 bits per heavy atom. The Kier molecular flexibility index (Phi) is 5.32. The molecule has 0 bridgehead atoms. The fraction of sp³-hybridized carbons (Fsp3) is 0.294. The number of nitrogens with one attached hydrogen (secondary N) is 2. The third-order valence-corrected chi connectivity index (χ3v) is 3.30. The molecule has 2 N–H and O–H groups in total. The zero-order valence-corrected chi connectivity index (χ0v) is 12.5. The topological polar surface area (TPSA) is 54.0 Å². The summed E-state index contributed by atoms with van der Waals surface area (Å²) in [6.07, 6.45) is 1.64. The molecule has 4 nitrogen and oxygen atoms in total. The van der Waals surface area contributed by atoms with Crippen LogP contribution in [0.5, 0.6) is 0 Å². The van der Waals surface area contributed by atoms with E-state index >= 15 is 0 Å². The van der Waals surface area contributed by atoms with Crippen molar-refractivity contribution in [3.05, 3.63) is 59.3 Å². The van der Waals surface area contributed by atoms with E-state index < -0.39 is 0 Å². The lowest BCUT2D eigenvalue weighted by molar-refractivity contribution is 0.0954. The zero-order chi connectivity index (χ0) is 15.1. The summed E-state index contributed by atoms with van der Waals surface area (Å²) >= 11 is 0. The van der Waals surface area contributed by atoms with Gasteiger partial charge in [-0.05, 0) is 30.5 Å². The molecule has 2 aromatic rings. The van der Waals surface area contributed by atoms with Crippen molar-refractivity contribution in [1.82, 2.24) is 10.3 Å². The number of hydrogen-bond acceptors (Lipinski definition) is 3. The quantitative estimate of drug-likeness (QED) is 0.857. The van der Waals surface area contributed by atoms with Crippen molar-refractivity contribution in [1.29, 1.82) is 0 Å². The fourth-order valence-corrected chi connectivity index (χ4v) is 2.10. The van der Waals surface area contributed by atoms with E-state index in [0.717, 1.165) is 24.4 Å². The van der Waals surface area contributed by atoms with Gasteiger partial charge in [-0.1, -0.05) is 37.3 Å². The molecule has 0 fully saturated rings. The first-order chi connectivity index (χ1) is 10.2. The van der Waals surface area contributed by atoms with Crippen molar-refractivity contribution in [2.45, 2.75) is 19.8 Å². The number of benzene rings is 1. The summed E-state index contributed by atoms with van der Waals surface area (Å²) in [7, 11) is 1.80. The molecule has 1 aromatic heterocycles. The smallest absolute Gasteiger partial charge is 0.251 e. The lowest BCUT2D eigenvalue weighted by Crippen LogP contribution is -2.26. The van der Waals surface area contributed by atoms with E-state index in [1.54, 1.807) is 13.1 Å². The number of anilines is 1. The second-order valence-corrected chi connectivity index (χ2v) is 4.83. The molecule has 110 valence electrons. The highest BCUT2D eigenvalue weighted by Gasteiger charge is 2.08. The van der Waals surface area contributed by atoms with Crippen LogP contribution < -0.4 is 10.6 Å². The molecule has 0 aliphatic carbocycles. The van der Waals surface area contributed by atoms with Gasteiger partial charge in [0.05, 0.1) is 0 Å². The number of carbonyl (C=O) groups is 1. The first-order valence-corrected chi connectivity index (χ1v) is 7.23. The van der Waals surface area contributed by atoms with Gasteiger partial charge < -0.3 is 10.6 Å². The molecule has 2 rings (SSSR count). The van der Waals surface area contributed by atoms with Crippen LogP contribution in [0.1, 0.15) is 28.5 Å². The minimum absolute atomic E-state index is 0.0560. The SMILES string of the molecule is CCc1cc(C(=O)NCCc2ccccc2)cc(NC)n1. The highest BCUT2D eigenvalue weighted by atomic mass is 16.1. The normalized spacial score (nSPS) is 10.2. The first-order valence-electron chi connectivity index (χ1n) is 7.23. The molecule has 4 heteroatoms. The molecule has 21 heavy (non-hydrogen) atoms. The number of carbonyl (C=O) groups excluding carboxylic acids is 1. The third kappa shape index (κ3) is 4.31. The highest BCUT2D eigenvalue weighted by Crippen LogP contribution is 2.11. The number of hydrogen-bond donors (Lipinski definition) is 2. The van der Waals surface area contributed by atoms with E-state index in [-0.39, 0.29) is 5.91 Å². The van der Waals surface area contributed by atoms with Gasteiger partial charge in [0.1, 0.15) is 5.82 Å². The second kappa shape index (κ2) is 7.43. The Labute approximate surface area is 125 Å². The molecular weight excluding hydrogens is 262 g/mol. The Bertz CT molecular complexity index is 574. The number of aromatic nitrogens is 1. The van der Waals surface area contributed by atoms with Crippen LogP contribution in [0.2, 0.25) is 0 Å². The maximum Gasteiger partial charge on any atom is 0.251 e. The summed E-state index contributed by atoms with van der Waals surface area (Å²) in [5.74, 6) is 0.669. The summed E-state index contributed by atoms with van der Waals surface area (Å²) in [6, 6.07) is 13.7. The Balaban J connectivity index is 1.97. The van der Waals surface area contributed by atoms with Crippen LogP contribution in [-0.2, 0) is 12.8 Å². The Hall–Kier alpha value is -2.36. The van der Waals surface area contributed by atoms with E-state index in [9.17, 15) is 4.79 Å². The predicted molar refractivity (Wildman–Crippen MR) is 85.6 cm³/mol. The summed E-state index contributed by atoms with van der Waals surface area (Å²) < 4.78 is 0. The Morgan fingerprint density at radius 2 is 1.95 bits per heavy atom. The molecule has 1 amide bonds. The van der Waals surface area contributed by atoms with E-state index in [0.29, 0.717) is 12.1 Å². The minimum atomic E-state index is -0.0560. The van der Waals surface area contributed by atoms with Gasteiger partial charge >= 0.3 is 0 Å². The lowest BCUT2D eigenvalue weighted by Gasteiger charge is -2.09. The third-order valence-electron chi connectivity index (χ3n) is 3.30. The molecular formula is C17H21N3O. The minimum Gasteiger partial charge on any atom is -0.373 e. The average Bonchev–Trinajstić information content (AvgIpc) is 2.55. The van der Waals surface area contributed by atoms with Crippen LogP contribution in [0.4, 0.5) is 5.82 Å². The van der Waals surface area contributed by atoms with Crippen molar-refractivity contribution in [2.75, 3.05) is 18.9 Å². The maximum absolute atomic E-state index is 12.2. The Morgan fingerprint density at radius 3 is 2.62 bits per heavy atom. The molecule has 0 saturated heterocycles. The number of rotatable bonds is 6. The molecule has 0 unspecified atom stereocenters. The largest absolute Gasteiger partial charge is 0.373 e. The molecule has 0 radical (unpaired) electrons. The average molecular weight is 283 g/mol. The van der Waals surface area contributed by atoms with Gasteiger partial charge in [-0.15, -0.1) is 0 Å². The van der Waals surface area contributed by atoms with Gasteiger partial charge in [0.25, 0.3) is 5.91 Å². The predicted octanol–water partition coefficient (Wildman–Crippen LogP) is 2.66. The van der Waals surface area contributed by atoms with Gasteiger partial charge in [-0.2, -0.15) is 0 Å².